The van der Waals surface area contributed by atoms with Gasteiger partial charge in [-0.2, -0.15) is 0 Å². The molecule has 1 atom stereocenters. The molecule has 1 heterocycles. The van der Waals surface area contributed by atoms with E-state index in [0.29, 0.717) is 0 Å². The standard InChI is InChI=1S/C12H14IN3S/c1-2-11-12(17-16-15-11)10(14)7-8-3-5-9(13)6-4-8/h3-6,10H,2,7,14H2,1H3. The largest absolute Gasteiger partial charge is 0.323 e. The molecule has 2 aromatic rings. The Balaban J connectivity index is 2.11. The normalized spacial score (nSPS) is 12.6. The molecule has 0 saturated carbocycles. The second-order valence-corrected chi connectivity index (χ2v) is 5.91. The lowest BCUT2D eigenvalue weighted by atomic mass is 10.0. The Morgan fingerprint density at radius 1 is 1.35 bits per heavy atom. The zero-order valence-electron chi connectivity index (χ0n) is 9.56. The Morgan fingerprint density at radius 2 is 2.06 bits per heavy atom. The third kappa shape index (κ3) is 3.23. The summed E-state index contributed by atoms with van der Waals surface area (Å²) in [7, 11) is 0. The topological polar surface area (TPSA) is 51.8 Å². The number of aromatic nitrogens is 2. The maximum atomic E-state index is 6.21. The lowest BCUT2D eigenvalue weighted by Crippen LogP contribution is -2.13. The van der Waals surface area contributed by atoms with Crippen molar-refractivity contribution < 1.29 is 0 Å². The number of rotatable bonds is 4. The van der Waals surface area contributed by atoms with Crippen molar-refractivity contribution in [2.24, 2.45) is 5.73 Å². The van der Waals surface area contributed by atoms with Gasteiger partial charge in [0, 0.05) is 9.61 Å². The van der Waals surface area contributed by atoms with Crippen LogP contribution in [-0.4, -0.2) is 9.59 Å². The highest BCUT2D eigenvalue weighted by Gasteiger charge is 2.14. The molecule has 1 aromatic heterocycles. The number of nitrogens with zero attached hydrogens (tertiary/aromatic N) is 2. The number of halogens is 1. The molecule has 3 nitrogen and oxygen atoms in total. The van der Waals surface area contributed by atoms with E-state index in [4.69, 9.17) is 5.73 Å². The van der Waals surface area contributed by atoms with Crippen LogP contribution < -0.4 is 5.73 Å². The smallest absolute Gasteiger partial charge is 0.0801 e. The summed E-state index contributed by atoms with van der Waals surface area (Å²) in [5.41, 5.74) is 8.51. The third-order valence-corrected chi connectivity index (χ3v) is 4.24. The molecule has 2 rings (SSSR count). The zero-order valence-corrected chi connectivity index (χ0v) is 12.5. The molecule has 0 bridgehead atoms. The molecule has 1 unspecified atom stereocenters. The minimum atomic E-state index is 0.00464. The monoisotopic (exact) mass is 359 g/mol. The van der Waals surface area contributed by atoms with E-state index in [0.717, 1.165) is 23.4 Å². The lowest BCUT2D eigenvalue weighted by Gasteiger charge is -2.10. The average molecular weight is 359 g/mol. The summed E-state index contributed by atoms with van der Waals surface area (Å²) in [5.74, 6) is 0. The van der Waals surface area contributed by atoms with Gasteiger partial charge in [-0.1, -0.05) is 23.5 Å². The van der Waals surface area contributed by atoms with Crippen LogP contribution in [0.25, 0.3) is 0 Å². The molecule has 0 radical (unpaired) electrons. The third-order valence-electron chi connectivity index (χ3n) is 2.63. The van der Waals surface area contributed by atoms with Gasteiger partial charge >= 0.3 is 0 Å². The summed E-state index contributed by atoms with van der Waals surface area (Å²) < 4.78 is 5.22. The molecule has 1 aromatic carbocycles. The molecule has 5 heteroatoms. The summed E-state index contributed by atoms with van der Waals surface area (Å²) in [6, 6.07) is 8.47. The summed E-state index contributed by atoms with van der Waals surface area (Å²) >= 11 is 3.72. The Hall–Kier alpha value is -0.530. The minimum absolute atomic E-state index is 0.00464. The van der Waals surface area contributed by atoms with Gasteiger partial charge in [-0.05, 0) is 64.7 Å². The molecule has 0 aliphatic carbocycles. The minimum Gasteiger partial charge on any atom is -0.323 e. The highest BCUT2D eigenvalue weighted by atomic mass is 127. The first-order valence-electron chi connectivity index (χ1n) is 5.52. The highest BCUT2D eigenvalue weighted by Crippen LogP contribution is 2.22. The second-order valence-electron chi connectivity index (χ2n) is 3.87. The summed E-state index contributed by atoms with van der Waals surface area (Å²) in [6.07, 6.45) is 1.74. The fourth-order valence-corrected chi connectivity index (χ4v) is 2.81. The predicted molar refractivity (Wildman–Crippen MR) is 79.1 cm³/mol. The van der Waals surface area contributed by atoms with E-state index < -0.39 is 0 Å². The van der Waals surface area contributed by atoms with Crippen LogP contribution in [0.4, 0.5) is 0 Å². The highest BCUT2D eigenvalue weighted by molar-refractivity contribution is 14.1. The molecule has 17 heavy (non-hydrogen) atoms. The molecule has 0 aliphatic heterocycles. The van der Waals surface area contributed by atoms with Crippen LogP contribution in [0.2, 0.25) is 0 Å². The first-order valence-corrected chi connectivity index (χ1v) is 7.37. The number of hydrogen-bond donors (Lipinski definition) is 1. The molecular weight excluding hydrogens is 345 g/mol. The maximum Gasteiger partial charge on any atom is 0.0801 e. The van der Waals surface area contributed by atoms with Gasteiger partial charge in [-0.3, -0.25) is 0 Å². The maximum absolute atomic E-state index is 6.21. The van der Waals surface area contributed by atoms with E-state index in [-0.39, 0.29) is 6.04 Å². The van der Waals surface area contributed by atoms with Crippen LogP contribution in [0.15, 0.2) is 24.3 Å². The van der Waals surface area contributed by atoms with Crippen molar-refractivity contribution >= 4 is 34.1 Å². The number of hydrogen-bond acceptors (Lipinski definition) is 4. The van der Waals surface area contributed by atoms with E-state index in [2.05, 4.69) is 63.4 Å². The van der Waals surface area contributed by atoms with Crippen molar-refractivity contribution in [1.82, 2.24) is 9.59 Å². The first kappa shape index (κ1) is 12.9. The quantitative estimate of drug-likeness (QED) is 0.854. The Labute approximate surface area is 119 Å². The van der Waals surface area contributed by atoms with Crippen molar-refractivity contribution in [3.05, 3.63) is 44.0 Å². The summed E-state index contributed by atoms with van der Waals surface area (Å²) in [6.45, 7) is 2.08. The van der Waals surface area contributed by atoms with Gasteiger partial charge in [0.25, 0.3) is 0 Å². The second kappa shape index (κ2) is 5.88. The van der Waals surface area contributed by atoms with E-state index in [9.17, 15) is 0 Å². The Morgan fingerprint density at radius 3 is 2.71 bits per heavy atom. The van der Waals surface area contributed by atoms with Gasteiger partial charge in [0.2, 0.25) is 0 Å². The number of benzene rings is 1. The fourth-order valence-electron chi connectivity index (χ4n) is 1.71. The molecular formula is C12H14IN3S. The van der Waals surface area contributed by atoms with Crippen molar-refractivity contribution in [2.45, 2.75) is 25.8 Å². The average Bonchev–Trinajstić information content (AvgIpc) is 2.80. The van der Waals surface area contributed by atoms with Gasteiger partial charge in [0.05, 0.1) is 10.6 Å². The fraction of sp³-hybridized carbons (Fsp3) is 0.333. The van der Waals surface area contributed by atoms with Gasteiger partial charge in [0.15, 0.2) is 0 Å². The van der Waals surface area contributed by atoms with Crippen LogP contribution >= 0.6 is 34.1 Å². The van der Waals surface area contributed by atoms with Crippen LogP contribution in [0.1, 0.15) is 29.1 Å². The predicted octanol–water partition coefficient (Wildman–Crippen LogP) is 2.95. The van der Waals surface area contributed by atoms with E-state index in [1.165, 1.54) is 20.7 Å². The molecule has 0 amide bonds. The van der Waals surface area contributed by atoms with Crippen molar-refractivity contribution in [3.63, 3.8) is 0 Å². The Bertz CT molecular complexity index is 481. The first-order chi connectivity index (χ1) is 8.20. The van der Waals surface area contributed by atoms with Gasteiger partial charge in [-0.15, -0.1) is 5.10 Å². The van der Waals surface area contributed by atoms with E-state index in [1.807, 2.05) is 0 Å². The van der Waals surface area contributed by atoms with Crippen molar-refractivity contribution in [2.75, 3.05) is 0 Å². The number of nitrogens with two attached hydrogens (primary N) is 1. The molecule has 2 N–H and O–H groups in total. The van der Waals surface area contributed by atoms with Crippen LogP contribution in [-0.2, 0) is 12.8 Å². The van der Waals surface area contributed by atoms with E-state index >= 15 is 0 Å². The Kier molecular flexibility index (Phi) is 4.47. The van der Waals surface area contributed by atoms with Gasteiger partial charge < -0.3 is 5.73 Å². The SMILES string of the molecule is CCc1nnsc1C(N)Cc1ccc(I)cc1. The molecule has 0 aliphatic rings. The molecule has 0 saturated heterocycles. The van der Waals surface area contributed by atoms with Gasteiger partial charge in [-0.25, -0.2) is 0 Å². The van der Waals surface area contributed by atoms with Crippen molar-refractivity contribution in [1.29, 1.82) is 0 Å². The summed E-state index contributed by atoms with van der Waals surface area (Å²) in [5, 5.41) is 4.10. The van der Waals surface area contributed by atoms with Crippen LogP contribution in [0.5, 0.6) is 0 Å². The van der Waals surface area contributed by atoms with Gasteiger partial charge in [0.1, 0.15) is 0 Å². The van der Waals surface area contributed by atoms with Crippen LogP contribution in [0.3, 0.4) is 0 Å². The van der Waals surface area contributed by atoms with Crippen molar-refractivity contribution in [3.8, 4) is 0 Å². The zero-order chi connectivity index (χ0) is 12.3. The van der Waals surface area contributed by atoms with Crippen LogP contribution in [0, 0.1) is 3.57 Å². The summed E-state index contributed by atoms with van der Waals surface area (Å²) in [4.78, 5) is 1.12. The molecule has 0 spiro atoms. The molecule has 90 valence electrons. The number of aryl methyl sites for hydroxylation is 1. The molecule has 0 fully saturated rings. The lowest BCUT2D eigenvalue weighted by molar-refractivity contribution is 0.722. The van der Waals surface area contributed by atoms with E-state index in [1.54, 1.807) is 0 Å².